The van der Waals surface area contributed by atoms with Crippen LogP contribution >= 0.6 is 0 Å². The first-order valence-corrected chi connectivity index (χ1v) is 29.5. The van der Waals surface area contributed by atoms with Gasteiger partial charge in [0.25, 0.3) is 0 Å². The van der Waals surface area contributed by atoms with E-state index in [9.17, 15) is 47.9 Å². The predicted molar refractivity (Wildman–Crippen MR) is 295 cm³/mol. The van der Waals surface area contributed by atoms with Gasteiger partial charge >= 0.3 is 35.8 Å². The van der Waals surface area contributed by atoms with Gasteiger partial charge in [-0.3, -0.25) is 33.6 Å². The molecule has 0 heterocycles. The van der Waals surface area contributed by atoms with Crippen LogP contribution in [0.4, 0.5) is 0 Å². The Labute approximate surface area is 466 Å². The van der Waals surface area contributed by atoms with Gasteiger partial charge in [0.1, 0.15) is 24.2 Å². The van der Waals surface area contributed by atoms with Gasteiger partial charge in [0.05, 0.1) is 54.5 Å². The largest absolute Gasteiger partial charge is 0.469 e. The highest BCUT2D eigenvalue weighted by Gasteiger charge is 2.32. The number of unbranched alkanes of at least 4 members (excludes halogenated alkanes) is 26. The van der Waals surface area contributed by atoms with E-state index >= 15 is 0 Å². The van der Waals surface area contributed by atoms with Gasteiger partial charge < -0.3 is 49.7 Å². The maximum atomic E-state index is 13.6. The predicted octanol–water partition coefficient (Wildman–Crippen LogP) is 8.79. The Hall–Kier alpha value is -5.30. The zero-order chi connectivity index (χ0) is 58.0. The second kappa shape index (κ2) is 50.0. The lowest BCUT2D eigenvalue weighted by Gasteiger charge is -2.22. The number of carbonyl (C=O) groups is 10. The van der Waals surface area contributed by atoms with Crippen molar-refractivity contribution in [1.82, 2.24) is 21.3 Å². The molecule has 4 amide bonds. The Kier molecular flexibility index (Phi) is 46.6. The molecule has 0 rings (SSSR count). The lowest BCUT2D eigenvalue weighted by atomic mass is 10.0. The minimum atomic E-state index is -1.55. The Morgan fingerprint density at radius 2 is 0.628 bits per heavy atom. The third kappa shape index (κ3) is 40.8. The van der Waals surface area contributed by atoms with Crippen molar-refractivity contribution in [3.63, 3.8) is 0 Å². The van der Waals surface area contributed by atoms with Crippen LogP contribution in [0.15, 0.2) is 0 Å². The summed E-state index contributed by atoms with van der Waals surface area (Å²) in [6.45, 7) is 4.83. The fourth-order valence-corrected chi connectivity index (χ4v) is 8.65. The van der Waals surface area contributed by atoms with Crippen molar-refractivity contribution in [3.8, 4) is 0 Å². The first kappa shape index (κ1) is 72.7. The molecular formula is C58H102N4O16. The van der Waals surface area contributed by atoms with E-state index in [1.807, 2.05) is 0 Å². The zero-order valence-electron chi connectivity index (χ0n) is 48.7. The average Bonchev–Trinajstić information content (AvgIpc) is 3.43. The molecule has 0 fully saturated rings. The second-order valence-corrected chi connectivity index (χ2v) is 20.2. The van der Waals surface area contributed by atoms with Crippen molar-refractivity contribution in [2.24, 2.45) is 0 Å². The third-order valence-electron chi connectivity index (χ3n) is 13.5. The fraction of sp³-hybridized carbons (Fsp3) is 0.828. The zero-order valence-corrected chi connectivity index (χ0v) is 48.7. The average molecular weight is 1110 g/mol. The smallest absolute Gasteiger partial charge is 0.328 e. The van der Waals surface area contributed by atoms with Crippen LogP contribution in [0, 0.1) is 0 Å². The molecule has 0 radical (unpaired) electrons. The monoisotopic (exact) mass is 1110 g/mol. The Balaban J connectivity index is 5.57. The van der Waals surface area contributed by atoms with Crippen LogP contribution in [0.1, 0.15) is 245 Å². The summed E-state index contributed by atoms with van der Waals surface area (Å²) in [6, 6.07) is -5.77. The highest BCUT2D eigenvalue weighted by Crippen LogP contribution is 2.16. The van der Waals surface area contributed by atoms with E-state index < -0.39 is 122 Å². The van der Waals surface area contributed by atoms with Crippen LogP contribution in [0.5, 0.6) is 0 Å². The molecule has 78 heavy (non-hydrogen) atoms. The Morgan fingerprint density at radius 1 is 0.308 bits per heavy atom. The highest BCUT2D eigenvalue weighted by molar-refractivity contribution is 5.94. The summed E-state index contributed by atoms with van der Waals surface area (Å²) in [5.41, 5.74) is 0. The molecule has 0 bridgehead atoms. The summed E-state index contributed by atoms with van der Waals surface area (Å²) >= 11 is 0. The molecule has 4 unspecified atom stereocenters. The van der Waals surface area contributed by atoms with Crippen molar-refractivity contribution >= 4 is 59.4 Å². The first-order valence-electron chi connectivity index (χ1n) is 29.5. The fourth-order valence-electron chi connectivity index (χ4n) is 8.65. The van der Waals surface area contributed by atoms with Gasteiger partial charge in [-0.1, -0.05) is 181 Å². The first-order chi connectivity index (χ1) is 37.6. The van der Waals surface area contributed by atoms with E-state index in [-0.39, 0.29) is 26.1 Å². The van der Waals surface area contributed by atoms with Gasteiger partial charge in [0.2, 0.25) is 23.6 Å². The van der Waals surface area contributed by atoms with Crippen LogP contribution in [0.25, 0.3) is 0 Å². The minimum Gasteiger partial charge on any atom is -0.469 e. The van der Waals surface area contributed by atoms with Crippen molar-refractivity contribution in [1.29, 1.82) is 0 Å². The molecule has 0 spiro atoms. The van der Waals surface area contributed by atoms with Gasteiger partial charge in [-0.05, 0) is 25.7 Å². The van der Waals surface area contributed by atoms with E-state index in [0.717, 1.165) is 79.8 Å². The number of esters is 6. The number of carbonyl (C=O) groups excluding carboxylic acids is 10. The molecule has 4 atom stereocenters. The van der Waals surface area contributed by atoms with E-state index in [2.05, 4.69) is 49.3 Å². The molecule has 0 aliphatic carbocycles. The van der Waals surface area contributed by atoms with Crippen molar-refractivity contribution in [3.05, 3.63) is 0 Å². The standard InChI is InChI=1S/C58H102N4O16/c1-7-9-11-13-15-17-19-21-23-25-27-29-31-33-41-77-52(66)40-36-46(58(72)78-42-34-32-30-28-26-24-22-20-18-16-14-12-10-8-2)60-51(65)39-38-50(64)59-45(55(69)62-48(57(71)76-6)44-54(68)74-4)35-37-49(63)61-47(56(70)75-5)43-53(67)73-3/h45-48H,7-44H2,1-6H3,(H,59,64)(H,60,65)(H,61,63)(H,62,69). The lowest BCUT2D eigenvalue weighted by Crippen LogP contribution is -2.53. The third-order valence-corrected chi connectivity index (χ3v) is 13.5. The van der Waals surface area contributed by atoms with Crippen LogP contribution < -0.4 is 21.3 Å². The molecule has 0 aliphatic heterocycles. The Bertz CT molecular complexity index is 1700. The maximum Gasteiger partial charge on any atom is 0.328 e. The number of methoxy groups -OCH3 is 4. The molecule has 0 aromatic heterocycles. The number of hydrogen-bond donors (Lipinski definition) is 4. The molecule has 20 heteroatoms. The van der Waals surface area contributed by atoms with Gasteiger partial charge in [-0.15, -0.1) is 0 Å². The van der Waals surface area contributed by atoms with E-state index in [1.54, 1.807) is 0 Å². The quantitative estimate of drug-likeness (QED) is 0.0252. The number of nitrogens with one attached hydrogen (secondary N) is 4. The van der Waals surface area contributed by atoms with Gasteiger partial charge in [0.15, 0.2) is 0 Å². The van der Waals surface area contributed by atoms with E-state index in [4.69, 9.17) is 14.2 Å². The molecule has 0 saturated heterocycles. The maximum absolute atomic E-state index is 13.6. The SMILES string of the molecule is CCCCCCCCCCCCCCCCOC(=O)CCC(NC(=O)CCC(=O)NC(CCC(=O)NC(CC(=O)OC)C(=O)OC)C(=O)NC(CC(=O)OC)C(=O)OC)C(=O)OCCCCCCCCCCCCCCCC. The van der Waals surface area contributed by atoms with Gasteiger partial charge in [-0.2, -0.15) is 0 Å². The van der Waals surface area contributed by atoms with Crippen LogP contribution in [0.2, 0.25) is 0 Å². The second-order valence-electron chi connectivity index (χ2n) is 20.2. The number of hydrogen-bond acceptors (Lipinski definition) is 16. The molecule has 0 aromatic carbocycles. The highest BCUT2D eigenvalue weighted by atomic mass is 16.5. The van der Waals surface area contributed by atoms with Crippen molar-refractivity contribution in [2.75, 3.05) is 41.7 Å². The lowest BCUT2D eigenvalue weighted by molar-refractivity contribution is -0.151. The van der Waals surface area contributed by atoms with Gasteiger partial charge in [-0.25, -0.2) is 14.4 Å². The summed E-state index contributed by atoms with van der Waals surface area (Å²) in [7, 11) is 4.23. The summed E-state index contributed by atoms with van der Waals surface area (Å²) in [6.07, 6.45) is 29.7. The number of amides is 4. The molecule has 4 N–H and O–H groups in total. The van der Waals surface area contributed by atoms with Crippen LogP contribution in [0.3, 0.4) is 0 Å². The summed E-state index contributed by atoms with van der Waals surface area (Å²) in [5.74, 6) is -8.34. The number of rotatable bonds is 51. The topological polar surface area (TPSA) is 274 Å². The van der Waals surface area contributed by atoms with Crippen LogP contribution in [-0.4, -0.2) is 125 Å². The summed E-state index contributed by atoms with van der Waals surface area (Å²) < 4.78 is 29.6. The molecule has 450 valence electrons. The number of ether oxygens (including phenoxy) is 6. The minimum absolute atomic E-state index is 0.110. The summed E-state index contributed by atoms with van der Waals surface area (Å²) in [4.78, 5) is 128. The van der Waals surface area contributed by atoms with E-state index in [0.29, 0.717) is 6.42 Å². The summed E-state index contributed by atoms with van der Waals surface area (Å²) in [5, 5.41) is 9.65. The van der Waals surface area contributed by atoms with Gasteiger partial charge in [0, 0.05) is 25.7 Å². The van der Waals surface area contributed by atoms with E-state index in [1.165, 1.54) is 122 Å². The van der Waals surface area contributed by atoms with Crippen molar-refractivity contribution in [2.45, 2.75) is 269 Å². The normalized spacial score (nSPS) is 12.4. The molecular weight excluding hydrogens is 1010 g/mol. The Morgan fingerprint density at radius 3 is 1.01 bits per heavy atom. The molecule has 20 nitrogen and oxygen atoms in total. The van der Waals surface area contributed by atoms with Crippen LogP contribution in [-0.2, 0) is 76.4 Å². The molecule has 0 aromatic rings. The molecule has 0 saturated carbocycles. The van der Waals surface area contributed by atoms with Crippen molar-refractivity contribution < 1.29 is 76.4 Å². The molecule has 0 aliphatic rings.